The highest BCUT2D eigenvalue weighted by atomic mass is 16.1. The molecule has 0 aromatic carbocycles. The van der Waals surface area contributed by atoms with E-state index in [9.17, 15) is 9.59 Å². The van der Waals surface area contributed by atoms with Gasteiger partial charge in [0.05, 0.1) is 0 Å². The maximum absolute atomic E-state index is 11.4. The summed E-state index contributed by atoms with van der Waals surface area (Å²) in [7, 11) is 0. The molecule has 2 nitrogen and oxygen atoms in total. The van der Waals surface area contributed by atoms with Crippen LogP contribution in [0.1, 0.15) is 41.5 Å². The second-order valence-electron chi connectivity index (χ2n) is 3.16. The zero-order valence-electron chi connectivity index (χ0n) is 9.82. The third kappa shape index (κ3) is 2.00. The number of hydrogen-bond acceptors (Lipinski definition) is 2. The van der Waals surface area contributed by atoms with Gasteiger partial charge in [-0.15, -0.1) is 0 Å². The Bertz CT molecular complexity index is 268. The number of carbonyl (C=O) groups excluding carboxylic acids is 2. The predicted octanol–water partition coefficient (Wildman–Crippen LogP) is 2.84. The summed E-state index contributed by atoms with van der Waals surface area (Å²) < 4.78 is 0. The fourth-order valence-electron chi connectivity index (χ4n) is 1.24. The van der Waals surface area contributed by atoms with E-state index in [0.29, 0.717) is 22.3 Å². The molecule has 0 N–H and O–H groups in total. The first-order chi connectivity index (χ1) is 6.46. The summed E-state index contributed by atoms with van der Waals surface area (Å²) in [5.74, 6) is 0.00852. The monoisotopic (exact) mass is 194 g/mol. The molecule has 0 aliphatic heterocycles. The molecule has 0 aromatic rings. The fourth-order valence-corrected chi connectivity index (χ4v) is 1.24. The van der Waals surface area contributed by atoms with Crippen molar-refractivity contribution in [3.63, 3.8) is 0 Å². The number of ketones is 2. The highest BCUT2D eigenvalue weighted by Crippen LogP contribution is 2.23. The molecule has 0 radical (unpaired) electrons. The molecule has 78 valence electrons. The molecule has 0 fully saturated rings. The van der Waals surface area contributed by atoms with Crippen LogP contribution in [0.2, 0.25) is 0 Å². The Balaban J connectivity index is 0.000000791. The number of Topliss-reactive ketones (excluding diaryl/α,β-unsaturated/α-hetero) is 2. The van der Waals surface area contributed by atoms with Gasteiger partial charge in [0.25, 0.3) is 0 Å². The second kappa shape index (κ2) is 4.89. The van der Waals surface area contributed by atoms with Gasteiger partial charge < -0.3 is 0 Å². The summed E-state index contributed by atoms with van der Waals surface area (Å²) in [4.78, 5) is 22.8. The first-order valence-corrected chi connectivity index (χ1v) is 4.91. The number of allylic oxidation sites excluding steroid dienone is 4. The van der Waals surface area contributed by atoms with Gasteiger partial charge in [0.2, 0.25) is 0 Å². The van der Waals surface area contributed by atoms with Gasteiger partial charge in [0, 0.05) is 22.3 Å². The van der Waals surface area contributed by atoms with Gasteiger partial charge in [0.1, 0.15) is 0 Å². The summed E-state index contributed by atoms with van der Waals surface area (Å²) >= 11 is 0. The Labute approximate surface area is 85.7 Å². The normalized spacial score (nSPS) is 17.0. The summed E-state index contributed by atoms with van der Waals surface area (Å²) in [6, 6.07) is 0. The Kier molecular flexibility index (Phi) is 4.48. The van der Waals surface area contributed by atoms with E-state index < -0.39 is 0 Å². The zero-order valence-corrected chi connectivity index (χ0v) is 9.82. The van der Waals surface area contributed by atoms with Gasteiger partial charge >= 0.3 is 0 Å². The molecular formula is C12H18O2. The SMILES string of the molecule is CC.CC1=C(C)C(=O)C(C)=C(C)C1=O. The minimum atomic E-state index is 0.00426. The van der Waals surface area contributed by atoms with Crippen LogP contribution in [0.4, 0.5) is 0 Å². The molecule has 0 atom stereocenters. The lowest BCUT2D eigenvalue weighted by Gasteiger charge is -2.15. The minimum absolute atomic E-state index is 0.00426. The van der Waals surface area contributed by atoms with Crippen LogP contribution in [0, 0.1) is 0 Å². The Morgan fingerprint density at radius 2 is 0.714 bits per heavy atom. The van der Waals surface area contributed by atoms with Crippen LogP contribution in [0.3, 0.4) is 0 Å². The fraction of sp³-hybridized carbons (Fsp3) is 0.500. The van der Waals surface area contributed by atoms with Crippen LogP contribution in [0.15, 0.2) is 22.3 Å². The van der Waals surface area contributed by atoms with Crippen LogP contribution in [0.5, 0.6) is 0 Å². The smallest absolute Gasteiger partial charge is 0.185 e. The van der Waals surface area contributed by atoms with Crippen LogP contribution in [-0.4, -0.2) is 11.6 Å². The molecular weight excluding hydrogens is 176 g/mol. The van der Waals surface area contributed by atoms with Gasteiger partial charge in [-0.05, 0) is 27.7 Å². The maximum atomic E-state index is 11.4. The van der Waals surface area contributed by atoms with Crippen molar-refractivity contribution in [1.82, 2.24) is 0 Å². The van der Waals surface area contributed by atoms with Crippen molar-refractivity contribution in [1.29, 1.82) is 0 Å². The van der Waals surface area contributed by atoms with E-state index in [2.05, 4.69) is 0 Å². The quantitative estimate of drug-likeness (QED) is 0.556. The average molecular weight is 194 g/mol. The second-order valence-corrected chi connectivity index (χ2v) is 3.16. The third-order valence-corrected chi connectivity index (χ3v) is 2.49. The van der Waals surface area contributed by atoms with Crippen LogP contribution >= 0.6 is 0 Å². The van der Waals surface area contributed by atoms with E-state index in [1.165, 1.54) is 0 Å². The maximum Gasteiger partial charge on any atom is 0.185 e. The Morgan fingerprint density at radius 1 is 0.571 bits per heavy atom. The van der Waals surface area contributed by atoms with Crippen molar-refractivity contribution < 1.29 is 9.59 Å². The molecule has 0 bridgehead atoms. The summed E-state index contributed by atoms with van der Waals surface area (Å²) in [6.07, 6.45) is 0. The molecule has 0 saturated carbocycles. The van der Waals surface area contributed by atoms with Crippen molar-refractivity contribution in [3.8, 4) is 0 Å². The molecule has 1 aliphatic carbocycles. The van der Waals surface area contributed by atoms with Gasteiger partial charge in [-0.2, -0.15) is 0 Å². The first kappa shape index (κ1) is 12.8. The lowest BCUT2D eigenvalue weighted by Crippen LogP contribution is -2.18. The molecule has 0 spiro atoms. The summed E-state index contributed by atoms with van der Waals surface area (Å²) in [5.41, 5.74) is 2.34. The topological polar surface area (TPSA) is 34.1 Å². The molecule has 0 unspecified atom stereocenters. The van der Waals surface area contributed by atoms with E-state index in [0.717, 1.165) is 0 Å². The van der Waals surface area contributed by atoms with E-state index in [4.69, 9.17) is 0 Å². The summed E-state index contributed by atoms with van der Waals surface area (Å²) in [6.45, 7) is 10.8. The zero-order chi connectivity index (χ0) is 11.5. The predicted molar refractivity (Wildman–Crippen MR) is 58.1 cm³/mol. The van der Waals surface area contributed by atoms with Gasteiger partial charge in [-0.3, -0.25) is 9.59 Å². The van der Waals surface area contributed by atoms with Crippen molar-refractivity contribution in [2.75, 3.05) is 0 Å². The van der Waals surface area contributed by atoms with Crippen molar-refractivity contribution in [3.05, 3.63) is 22.3 Å². The summed E-state index contributed by atoms with van der Waals surface area (Å²) in [5, 5.41) is 0. The first-order valence-electron chi connectivity index (χ1n) is 4.91. The van der Waals surface area contributed by atoms with Crippen LogP contribution < -0.4 is 0 Å². The lowest BCUT2D eigenvalue weighted by atomic mass is 9.87. The lowest BCUT2D eigenvalue weighted by molar-refractivity contribution is -0.116. The molecule has 0 amide bonds. The van der Waals surface area contributed by atoms with Gasteiger partial charge in [-0.1, -0.05) is 13.8 Å². The van der Waals surface area contributed by atoms with E-state index in [1.54, 1.807) is 27.7 Å². The highest BCUT2D eigenvalue weighted by molar-refractivity contribution is 6.24. The molecule has 1 rings (SSSR count). The minimum Gasteiger partial charge on any atom is -0.289 e. The van der Waals surface area contributed by atoms with Crippen molar-refractivity contribution in [2.24, 2.45) is 0 Å². The van der Waals surface area contributed by atoms with Crippen LogP contribution in [-0.2, 0) is 9.59 Å². The largest absolute Gasteiger partial charge is 0.289 e. The number of hydrogen-bond donors (Lipinski definition) is 0. The van der Waals surface area contributed by atoms with Gasteiger partial charge in [0.15, 0.2) is 11.6 Å². The van der Waals surface area contributed by atoms with Gasteiger partial charge in [-0.25, -0.2) is 0 Å². The molecule has 1 aliphatic rings. The van der Waals surface area contributed by atoms with E-state index in [-0.39, 0.29) is 11.6 Å². The standard InChI is InChI=1S/C10H12O2.C2H6/c1-5-6(2)10(12)8(4)7(3)9(5)11;1-2/h1-4H3;1-2H3. The number of carbonyl (C=O) groups is 2. The molecule has 0 saturated heterocycles. The van der Waals surface area contributed by atoms with E-state index >= 15 is 0 Å². The van der Waals surface area contributed by atoms with Crippen molar-refractivity contribution in [2.45, 2.75) is 41.5 Å². The number of rotatable bonds is 0. The Hall–Kier alpha value is -1.18. The molecule has 0 heterocycles. The molecule has 2 heteroatoms. The average Bonchev–Trinajstić information content (AvgIpc) is 2.24. The molecule has 14 heavy (non-hydrogen) atoms. The highest BCUT2D eigenvalue weighted by Gasteiger charge is 2.24. The van der Waals surface area contributed by atoms with E-state index in [1.807, 2.05) is 13.8 Å². The van der Waals surface area contributed by atoms with Crippen molar-refractivity contribution >= 4 is 11.6 Å². The molecule has 0 aromatic heterocycles. The Morgan fingerprint density at radius 3 is 0.857 bits per heavy atom. The third-order valence-electron chi connectivity index (χ3n) is 2.49. The van der Waals surface area contributed by atoms with Crippen LogP contribution in [0.25, 0.3) is 0 Å².